The Morgan fingerprint density at radius 3 is 2.55 bits per heavy atom. The van der Waals surface area contributed by atoms with Crippen molar-refractivity contribution in [2.24, 2.45) is 5.73 Å². The number of carbonyl (C=O) groups is 1. The van der Waals surface area contributed by atoms with E-state index in [4.69, 9.17) is 10.5 Å². The zero-order valence-corrected chi connectivity index (χ0v) is 15.6. The van der Waals surface area contributed by atoms with Gasteiger partial charge in [0.15, 0.2) is 0 Å². The van der Waals surface area contributed by atoms with Crippen molar-refractivity contribution in [2.75, 3.05) is 36.5 Å². The van der Waals surface area contributed by atoms with Crippen molar-refractivity contribution in [1.82, 2.24) is 9.97 Å². The maximum atomic E-state index is 14.6. The number of halogens is 1. The minimum atomic E-state index is -0.482. The van der Waals surface area contributed by atoms with Crippen LogP contribution >= 0.6 is 0 Å². The molecule has 1 aromatic heterocycles. The number of nitrogens with zero attached hydrogens (tertiary/aromatic N) is 3. The van der Waals surface area contributed by atoms with Gasteiger partial charge in [0.2, 0.25) is 11.9 Å². The van der Waals surface area contributed by atoms with E-state index in [9.17, 15) is 9.18 Å². The summed E-state index contributed by atoms with van der Waals surface area (Å²) >= 11 is 0. The molecule has 1 aliphatic heterocycles. The number of benzene rings is 2. The third-order valence-corrected chi connectivity index (χ3v) is 4.68. The molecule has 0 saturated carbocycles. The highest BCUT2D eigenvalue weighted by molar-refractivity contribution is 5.93. The molecule has 7 nitrogen and oxygen atoms in total. The Kier molecular flexibility index (Phi) is 5.35. The summed E-state index contributed by atoms with van der Waals surface area (Å²) in [7, 11) is 0. The fraction of sp³-hybridized carbons (Fsp3) is 0.190. The molecule has 29 heavy (non-hydrogen) atoms. The molecule has 4 rings (SSSR count). The van der Waals surface area contributed by atoms with Gasteiger partial charge in [0, 0.05) is 36.1 Å². The lowest BCUT2D eigenvalue weighted by atomic mass is 10.1. The third kappa shape index (κ3) is 4.33. The second kappa shape index (κ2) is 8.24. The standard InChI is InChI=1S/C21H20FN5O2/c22-17-13-16(5-6-19(17)27-9-11-29-12-10-27)25-21-24-8-7-18(26-21)14-1-3-15(4-2-14)20(23)28/h1-8,13H,9-12H2,(H2,23,28)(H,24,25,26). The number of anilines is 3. The SMILES string of the molecule is NC(=O)c1ccc(-c2ccnc(Nc3ccc(N4CCOCC4)c(F)c3)n2)cc1. The molecule has 1 amide bonds. The van der Waals surface area contributed by atoms with E-state index >= 15 is 0 Å². The average Bonchev–Trinajstić information content (AvgIpc) is 2.75. The fourth-order valence-corrected chi connectivity index (χ4v) is 3.16. The van der Waals surface area contributed by atoms with Crippen molar-refractivity contribution in [2.45, 2.75) is 0 Å². The van der Waals surface area contributed by atoms with E-state index in [-0.39, 0.29) is 5.82 Å². The second-order valence-corrected chi connectivity index (χ2v) is 6.60. The van der Waals surface area contributed by atoms with Crippen molar-refractivity contribution < 1.29 is 13.9 Å². The first-order valence-electron chi connectivity index (χ1n) is 9.23. The van der Waals surface area contributed by atoms with Crippen molar-refractivity contribution in [3.63, 3.8) is 0 Å². The van der Waals surface area contributed by atoms with E-state index in [2.05, 4.69) is 15.3 Å². The third-order valence-electron chi connectivity index (χ3n) is 4.68. The molecule has 2 aromatic carbocycles. The number of nitrogens with two attached hydrogens (primary N) is 1. The smallest absolute Gasteiger partial charge is 0.248 e. The maximum absolute atomic E-state index is 14.6. The van der Waals surface area contributed by atoms with Gasteiger partial charge in [0.1, 0.15) is 5.82 Å². The average molecular weight is 393 g/mol. The Labute approximate surface area is 167 Å². The highest BCUT2D eigenvalue weighted by Gasteiger charge is 2.15. The lowest BCUT2D eigenvalue weighted by molar-refractivity contribution is 0.100. The Hall–Kier alpha value is -3.52. The van der Waals surface area contributed by atoms with Crippen molar-refractivity contribution in [1.29, 1.82) is 0 Å². The van der Waals surface area contributed by atoms with Gasteiger partial charge in [0.05, 0.1) is 24.6 Å². The van der Waals surface area contributed by atoms with Gasteiger partial charge in [-0.25, -0.2) is 14.4 Å². The number of ether oxygens (including phenoxy) is 1. The Morgan fingerprint density at radius 1 is 1.10 bits per heavy atom. The van der Waals surface area contributed by atoms with Gasteiger partial charge in [-0.15, -0.1) is 0 Å². The van der Waals surface area contributed by atoms with Crippen LogP contribution in [0.1, 0.15) is 10.4 Å². The molecule has 1 fully saturated rings. The lowest BCUT2D eigenvalue weighted by Crippen LogP contribution is -2.36. The molecular weight excluding hydrogens is 373 g/mol. The summed E-state index contributed by atoms with van der Waals surface area (Å²) in [6, 6.07) is 13.6. The summed E-state index contributed by atoms with van der Waals surface area (Å²) < 4.78 is 19.9. The summed E-state index contributed by atoms with van der Waals surface area (Å²) in [5.74, 6) is -0.445. The minimum absolute atomic E-state index is 0.310. The predicted octanol–water partition coefficient (Wildman–Crippen LogP) is 2.96. The normalized spacial score (nSPS) is 13.9. The zero-order valence-electron chi connectivity index (χ0n) is 15.6. The summed E-state index contributed by atoms with van der Waals surface area (Å²) in [6.45, 7) is 2.54. The first-order valence-corrected chi connectivity index (χ1v) is 9.23. The van der Waals surface area contributed by atoms with Gasteiger partial charge in [0.25, 0.3) is 0 Å². The first-order chi connectivity index (χ1) is 14.1. The molecule has 0 bridgehead atoms. The van der Waals surface area contributed by atoms with E-state index in [1.165, 1.54) is 6.07 Å². The molecule has 0 radical (unpaired) electrons. The predicted molar refractivity (Wildman–Crippen MR) is 109 cm³/mol. The lowest BCUT2D eigenvalue weighted by Gasteiger charge is -2.29. The van der Waals surface area contributed by atoms with Gasteiger partial charge >= 0.3 is 0 Å². The molecule has 0 atom stereocenters. The molecule has 1 aliphatic rings. The number of primary amides is 1. The van der Waals surface area contributed by atoms with Crippen molar-refractivity contribution in [3.05, 3.63) is 66.1 Å². The van der Waals surface area contributed by atoms with Gasteiger partial charge in [-0.1, -0.05) is 12.1 Å². The van der Waals surface area contributed by atoms with Crippen LogP contribution in [-0.4, -0.2) is 42.2 Å². The van der Waals surface area contributed by atoms with Crippen LogP contribution in [0.5, 0.6) is 0 Å². The molecule has 1 saturated heterocycles. The molecule has 2 heterocycles. The van der Waals surface area contributed by atoms with Crippen LogP contribution in [0.25, 0.3) is 11.3 Å². The topological polar surface area (TPSA) is 93.4 Å². The molecule has 3 aromatic rings. The Morgan fingerprint density at radius 2 is 1.86 bits per heavy atom. The van der Waals surface area contributed by atoms with Crippen LogP contribution in [0.15, 0.2) is 54.7 Å². The quantitative estimate of drug-likeness (QED) is 0.692. The van der Waals surface area contributed by atoms with Crippen LogP contribution in [0.3, 0.4) is 0 Å². The molecule has 148 valence electrons. The van der Waals surface area contributed by atoms with Gasteiger partial charge in [-0.2, -0.15) is 0 Å². The van der Waals surface area contributed by atoms with Gasteiger partial charge < -0.3 is 20.7 Å². The van der Waals surface area contributed by atoms with Gasteiger partial charge in [-0.05, 0) is 36.4 Å². The van der Waals surface area contributed by atoms with Gasteiger partial charge in [-0.3, -0.25) is 4.79 Å². The Bertz CT molecular complexity index is 1020. The van der Waals surface area contributed by atoms with Crippen molar-refractivity contribution in [3.8, 4) is 11.3 Å². The second-order valence-electron chi connectivity index (χ2n) is 6.60. The molecular formula is C21H20FN5O2. The van der Waals surface area contributed by atoms with E-state index in [1.807, 2.05) is 4.90 Å². The summed E-state index contributed by atoms with van der Waals surface area (Å²) in [6.07, 6.45) is 1.62. The van der Waals surface area contributed by atoms with Crippen LogP contribution in [0, 0.1) is 5.82 Å². The number of hydrogen-bond donors (Lipinski definition) is 2. The molecule has 0 spiro atoms. The summed E-state index contributed by atoms with van der Waals surface area (Å²) in [4.78, 5) is 21.8. The van der Waals surface area contributed by atoms with Crippen LogP contribution in [0.2, 0.25) is 0 Å². The number of rotatable bonds is 5. The fourth-order valence-electron chi connectivity index (χ4n) is 3.16. The van der Waals surface area contributed by atoms with Crippen LogP contribution < -0.4 is 16.0 Å². The summed E-state index contributed by atoms with van der Waals surface area (Å²) in [5, 5.41) is 3.04. The largest absolute Gasteiger partial charge is 0.378 e. The monoisotopic (exact) mass is 393 g/mol. The maximum Gasteiger partial charge on any atom is 0.248 e. The van der Waals surface area contributed by atoms with Crippen LogP contribution in [-0.2, 0) is 4.74 Å². The van der Waals surface area contributed by atoms with Crippen LogP contribution in [0.4, 0.5) is 21.7 Å². The van der Waals surface area contributed by atoms with E-state index < -0.39 is 5.91 Å². The van der Waals surface area contributed by atoms with E-state index in [1.54, 1.807) is 48.7 Å². The van der Waals surface area contributed by atoms with Crippen molar-refractivity contribution >= 4 is 23.2 Å². The first kappa shape index (κ1) is 18.8. The number of hydrogen-bond acceptors (Lipinski definition) is 6. The number of aromatic nitrogens is 2. The Balaban J connectivity index is 1.52. The van der Waals surface area contributed by atoms with E-state index in [0.717, 1.165) is 5.56 Å². The molecule has 0 aliphatic carbocycles. The number of amides is 1. The molecule has 3 N–H and O–H groups in total. The minimum Gasteiger partial charge on any atom is -0.378 e. The molecule has 8 heteroatoms. The summed E-state index contributed by atoms with van der Waals surface area (Å²) in [5.41, 5.74) is 8.30. The number of carbonyl (C=O) groups excluding carboxylic acids is 1. The highest BCUT2D eigenvalue weighted by Crippen LogP contribution is 2.25. The number of morpholine rings is 1. The zero-order chi connectivity index (χ0) is 20.2. The van der Waals surface area contributed by atoms with E-state index in [0.29, 0.717) is 54.9 Å². The molecule has 0 unspecified atom stereocenters. The number of nitrogens with one attached hydrogen (secondary N) is 1. The highest BCUT2D eigenvalue weighted by atomic mass is 19.1.